The van der Waals surface area contributed by atoms with E-state index in [1.165, 1.54) is 31.4 Å². The molecule has 3 aromatic rings. The number of hydrogen-bond donors (Lipinski definition) is 2. The second-order valence-corrected chi connectivity index (χ2v) is 9.45. The van der Waals surface area contributed by atoms with Crippen molar-refractivity contribution < 1.29 is 28.3 Å². The fourth-order valence-electron chi connectivity index (χ4n) is 3.95. The van der Waals surface area contributed by atoms with Crippen molar-refractivity contribution in [1.29, 1.82) is 0 Å². The Kier molecular flexibility index (Phi) is 8.23. The number of esters is 1. The van der Waals surface area contributed by atoms with E-state index in [4.69, 9.17) is 32.4 Å². The predicted molar refractivity (Wildman–Crippen MR) is 147 cm³/mol. The summed E-state index contributed by atoms with van der Waals surface area (Å²) in [5.41, 5.74) is 2.54. The van der Waals surface area contributed by atoms with Gasteiger partial charge >= 0.3 is 17.8 Å². The first-order chi connectivity index (χ1) is 18.6. The van der Waals surface area contributed by atoms with Gasteiger partial charge in [-0.1, -0.05) is 40.9 Å². The maximum Gasteiger partial charge on any atom is 0.343 e. The van der Waals surface area contributed by atoms with Crippen molar-refractivity contribution in [1.82, 2.24) is 5.32 Å². The van der Waals surface area contributed by atoms with Crippen LogP contribution >= 0.6 is 23.2 Å². The van der Waals surface area contributed by atoms with Crippen molar-refractivity contribution in [3.8, 4) is 0 Å². The lowest BCUT2D eigenvalue weighted by Gasteiger charge is -2.21. The Labute approximate surface area is 234 Å². The van der Waals surface area contributed by atoms with E-state index in [1.807, 2.05) is 31.2 Å². The molecular weight excluding hydrogens is 545 g/mol. The smallest absolute Gasteiger partial charge is 0.343 e. The third-order valence-electron chi connectivity index (χ3n) is 5.79. The zero-order valence-electron chi connectivity index (χ0n) is 21.1. The number of benzene rings is 2. The van der Waals surface area contributed by atoms with Gasteiger partial charge in [-0.15, -0.1) is 0 Å². The first-order valence-corrected chi connectivity index (χ1v) is 12.4. The standard InChI is InChI=1S/C28H23Cl2N3O6/c1-15-4-6-20(7-5-15)33-16(2)24(28(37)38-3)25(34)23(33)13-21-8-9-22(39-21)14-31-26(35)27(36)32-19-11-17(29)10-18(30)12-19/h4-13H,14H2,1-3H3,(H,31,35)(H,32,36)/b23-13+. The monoisotopic (exact) mass is 567 g/mol. The quantitative estimate of drug-likeness (QED) is 0.185. The van der Waals surface area contributed by atoms with Gasteiger partial charge in [0, 0.05) is 33.2 Å². The van der Waals surface area contributed by atoms with Crippen molar-refractivity contribution in [2.75, 3.05) is 17.3 Å². The van der Waals surface area contributed by atoms with Crippen molar-refractivity contribution in [3.63, 3.8) is 0 Å². The normalized spacial score (nSPS) is 14.1. The highest BCUT2D eigenvalue weighted by Crippen LogP contribution is 2.36. The van der Waals surface area contributed by atoms with Gasteiger partial charge in [-0.05, 0) is 56.3 Å². The molecule has 1 aromatic heterocycles. The number of carbonyl (C=O) groups is 4. The molecule has 2 aromatic carbocycles. The summed E-state index contributed by atoms with van der Waals surface area (Å²) in [6, 6.07) is 15.1. The molecule has 0 fully saturated rings. The molecule has 0 radical (unpaired) electrons. The molecule has 39 heavy (non-hydrogen) atoms. The molecule has 2 N–H and O–H groups in total. The number of aryl methyl sites for hydroxylation is 1. The Bertz CT molecular complexity index is 1520. The van der Waals surface area contributed by atoms with Crippen LogP contribution in [0.15, 0.2) is 76.0 Å². The summed E-state index contributed by atoms with van der Waals surface area (Å²) >= 11 is 11.8. The summed E-state index contributed by atoms with van der Waals surface area (Å²) in [7, 11) is 1.21. The van der Waals surface area contributed by atoms with Gasteiger partial charge in [0.05, 0.1) is 19.4 Å². The van der Waals surface area contributed by atoms with E-state index >= 15 is 0 Å². The molecule has 0 spiro atoms. The molecule has 0 atom stereocenters. The van der Waals surface area contributed by atoms with Gasteiger partial charge in [0.1, 0.15) is 17.1 Å². The lowest BCUT2D eigenvalue weighted by Crippen LogP contribution is -2.34. The van der Waals surface area contributed by atoms with E-state index in [0.717, 1.165) is 5.56 Å². The van der Waals surface area contributed by atoms with Crippen molar-refractivity contribution in [2.45, 2.75) is 20.4 Å². The highest BCUT2D eigenvalue weighted by Gasteiger charge is 2.38. The number of rotatable bonds is 6. The number of allylic oxidation sites excluding steroid dienone is 2. The maximum absolute atomic E-state index is 13.2. The molecule has 2 heterocycles. The summed E-state index contributed by atoms with van der Waals surface area (Å²) in [4.78, 5) is 51.7. The molecule has 200 valence electrons. The molecule has 0 unspecified atom stereocenters. The number of nitrogens with one attached hydrogen (secondary N) is 2. The second kappa shape index (κ2) is 11.6. The average Bonchev–Trinajstić information content (AvgIpc) is 3.43. The van der Waals surface area contributed by atoms with Crippen molar-refractivity contribution in [2.24, 2.45) is 0 Å². The zero-order chi connectivity index (χ0) is 28.3. The number of Topliss-reactive ketones (excluding diaryl/α,β-unsaturated/α-hetero) is 1. The summed E-state index contributed by atoms with van der Waals surface area (Å²) < 4.78 is 10.6. The molecule has 0 saturated heterocycles. The number of methoxy groups -OCH3 is 1. The largest absolute Gasteiger partial charge is 0.465 e. The molecule has 4 rings (SSSR count). The third-order valence-corrected chi connectivity index (χ3v) is 6.23. The SMILES string of the molecule is COC(=O)C1=C(C)N(c2ccc(C)cc2)/C(=C/c2ccc(CNC(=O)C(=O)Nc3cc(Cl)cc(Cl)c3)o2)C1=O. The van der Waals surface area contributed by atoms with Gasteiger partial charge in [-0.3, -0.25) is 14.4 Å². The van der Waals surface area contributed by atoms with Crippen molar-refractivity contribution >= 4 is 64.2 Å². The van der Waals surface area contributed by atoms with Crippen LogP contribution in [0.5, 0.6) is 0 Å². The highest BCUT2D eigenvalue weighted by atomic mass is 35.5. The number of anilines is 2. The summed E-state index contributed by atoms with van der Waals surface area (Å²) in [6.45, 7) is 3.51. The van der Waals surface area contributed by atoms with E-state index in [-0.39, 0.29) is 23.5 Å². The van der Waals surface area contributed by atoms with Crippen molar-refractivity contribution in [3.05, 3.63) is 98.7 Å². The molecule has 2 amide bonds. The Morgan fingerprint density at radius 1 is 0.974 bits per heavy atom. The number of ketones is 1. The minimum Gasteiger partial charge on any atom is -0.465 e. The Hall–Kier alpha value is -4.34. The Morgan fingerprint density at radius 3 is 2.28 bits per heavy atom. The fourth-order valence-corrected chi connectivity index (χ4v) is 4.47. The molecule has 0 bridgehead atoms. The number of ether oxygens (including phenoxy) is 1. The van der Waals surface area contributed by atoms with Gasteiger partial charge in [0.25, 0.3) is 0 Å². The van der Waals surface area contributed by atoms with Crippen LogP contribution in [0.3, 0.4) is 0 Å². The van der Waals surface area contributed by atoms with Gasteiger partial charge in [-0.2, -0.15) is 0 Å². The van der Waals surface area contributed by atoms with Gasteiger partial charge in [-0.25, -0.2) is 4.79 Å². The lowest BCUT2D eigenvalue weighted by molar-refractivity contribution is -0.137. The van der Waals surface area contributed by atoms with Crippen LogP contribution < -0.4 is 15.5 Å². The number of furan rings is 1. The predicted octanol–water partition coefficient (Wildman–Crippen LogP) is 5.03. The van der Waals surface area contributed by atoms with Crippen LogP contribution in [0.25, 0.3) is 6.08 Å². The third kappa shape index (κ3) is 6.22. The summed E-state index contributed by atoms with van der Waals surface area (Å²) in [5.74, 6) is -2.43. The van der Waals surface area contributed by atoms with E-state index < -0.39 is 23.6 Å². The maximum atomic E-state index is 13.2. The molecule has 1 aliphatic heterocycles. The molecular formula is C28H23Cl2N3O6. The van der Waals surface area contributed by atoms with Gasteiger partial charge < -0.3 is 24.7 Å². The fraction of sp³-hybridized carbons (Fsp3) is 0.143. The summed E-state index contributed by atoms with van der Waals surface area (Å²) in [6.07, 6.45) is 1.50. The molecule has 11 heteroatoms. The summed E-state index contributed by atoms with van der Waals surface area (Å²) in [5, 5.41) is 5.49. The van der Waals surface area contributed by atoms with Crippen LogP contribution in [0.1, 0.15) is 24.0 Å². The van der Waals surface area contributed by atoms with Crippen LogP contribution in [-0.2, 0) is 30.5 Å². The first-order valence-electron chi connectivity index (χ1n) is 11.6. The lowest BCUT2D eigenvalue weighted by atomic mass is 10.1. The second-order valence-electron chi connectivity index (χ2n) is 8.58. The average molecular weight is 568 g/mol. The minimum atomic E-state index is -0.913. The number of amides is 2. The molecule has 1 aliphatic rings. The van der Waals surface area contributed by atoms with E-state index in [9.17, 15) is 19.2 Å². The highest BCUT2D eigenvalue weighted by molar-refractivity contribution is 6.40. The van der Waals surface area contributed by atoms with Gasteiger partial charge in [0.15, 0.2) is 0 Å². The Morgan fingerprint density at radius 2 is 1.64 bits per heavy atom. The number of nitrogens with zero attached hydrogens (tertiary/aromatic N) is 1. The van der Waals surface area contributed by atoms with Gasteiger partial charge in [0.2, 0.25) is 5.78 Å². The van der Waals surface area contributed by atoms with E-state index in [0.29, 0.717) is 33.0 Å². The Balaban J connectivity index is 1.50. The van der Waals surface area contributed by atoms with Crippen LogP contribution in [0.2, 0.25) is 10.0 Å². The molecule has 0 aliphatic carbocycles. The van der Waals surface area contributed by atoms with E-state index in [2.05, 4.69) is 10.6 Å². The van der Waals surface area contributed by atoms with E-state index in [1.54, 1.807) is 24.0 Å². The molecule has 9 nitrogen and oxygen atoms in total. The number of hydrogen-bond acceptors (Lipinski definition) is 7. The number of halogens is 2. The topological polar surface area (TPSA) is 118 Å². The minimum absolute atomic E-state index is 0.0737. The zero-order valence-corrected chi connectivity index (χ0v) is 22.6. The van der Waals surface area contributed by atoms with Crippen LogP contribution in [0, 0.1) is 6.92 Å². The number of carbonyl (C=O) groups excluding carboxylic acids is 4. The first kappa shape index (κ1) is 27.7. The van der Waals surface area contributed by atoms with Crippen LogP contribution in [-0.4, -0.2) is 30.7 Å². The molecule has 0 saturated carbocycles. The van der Waals surface area contributed by atoms with Crippen LogP contribution in [0.4, 0.5) is 11.4 Å².